The molecule has 0 N–H and O–H groups in total. The number of benzene rings is 2. The summed E-state index contributed by atoms with van der Waals surface area (Å²) in [5.74, 6) is -2.33. The fraction of sp³-hybridized carbons (Fsp3) is 0.111. The van der Waals surface area contributed by atoms with Gasteiger partial charge in [-0.3, -0.25) is 0 Å². The number of nitrogens with zero attached hydrogens (tertiary/aromatic N) is 2. The summed E-state index contributed by atoms with van der Waals surface area (Å²) in [5, 5.41) is 0. The molecular weight excluding hydrogens is 301 g/mol. The van der Waals surface area contributed by atoms with Crippen molar-refractivity contribution in [2.45, 2.75) is 13.3 Å². The second kappa shape index (κ2) is 6.20. The molecule has 2 nitrogen and oxygen atoms in total. The molecule has 0 aliphatic heterocycles. The molecule has 0 saturated carbocycles. The lowest BCUT2D eigenvalue weighted by Gasteiger charge is -2.08. The van der Waals surface area contributed by atoms with Gasteiger partial charge in [0, 0.05) is 18.0 Å². The number of aromatic nitrogens is 2. The molecule has 0 aliphatic rings. The maximum Gasteiger partial charge on any atom is 0.170 e. The first-order valence-electron chi connectivity index (χ1n) is 7.15. The summed E-state index contributed by atoms with van der Waals surface area (Å²) in [5.41, 5.74) is 1.38. The Morgan fingerprint density at radius 2 is 1.35 bits per heavy atom. The fourth-order valence-corrected chi connectivity index (χ4v) is 2.25. The van der Waals surface area contributed by atoms with Gasteiger partial charge in [-0.25, -0.2) is 23.1 Å². The summed E-state index contributed by atoms with van der Waals surface area (Å²) in [6, 6.07) is 8.08. The molecule has 0 atom stereocenters. The van der Waals surface area contributed by atoms with Gasteiger partial charge in [0.1, 0.15) is 5.82 Å². The highest BCUT2D eigenvalue weighted by Gasteiger charge is 2.17. The lowest BCUT2D eigenvalue weighted by molar-refractivity contribution is 0.513. The first-order valence-corrected chi connectivity index (χ1v) is 7.15. The standard InChI is InChI=1S/C18H13F3N2/c1-2-11-9-22-18(23-10-11)15-8-7-14(16(20)17(15)21)12-3-5-13(19)6-4-12/h3-10H,2H2,1H3. The Hall–Kier alpha value is -2.69. The van der Waals surface area contributed by atoms with Crippen LogP contribution in [0.25, 0.3) is 22.5 Å². The SMILES string of the molecule is CCc1cnc(-c2ccc(-c3ccc(F)cc3)c(F)c2F)nc1. The van der Waals surface area contributed by atoms with E-state index in [9.17, 15) is 13.2 Å². The monoisotopic (exact) mass is 314 g/mol. The lowest BCUT2D eigenvalue weighted by atomic mass is 10.0. The Morgan fingerprint density at radius 1 is 0.783 bits per heavy atom. The molecule has 0 fully saturated rings. The molecule has 5 heteroatoms. The third-order valence-corrected chi connectivity index (χ3v) is 3.59. The topological polar surface area (TPSA) is 25.8 Å². The van der Waals surface area contributed by atoms with Crippen LogP contribution in [0.2, 0.25) is 0 Å². The summed E-state index contributed by atoms with van der Waals surface area (Å²) in [7, 11) is 0. The van der Waals surface area contributed by atoms with Crippen LogP contribution in [0, 0.1) is 17.5 Å². The van der Waals surface area contributed by atoms with E-state index in [1.54, 1.807) is 12.4 Å². The zero-order chi connectivity index (χ0) is 16.4. The van der Waals surface area contributed by atoms with Gasteiger partial charge < -0.3 is 0 Å². The number of aryl methyl sites for hydroxylation is 1. The number of rotatable bonds is 3. The Morgan fingerprint density at radius 3 is 1.96 bits per heavy atom. The molecule has 3 rings (SSSR count). The van der Waals surface area contributed by atoms with Crippen LogP contribution < -0.4 is 0 Å². The first kappa shape index (κ1) is 15.2. The van der Waals surface area contributed by atoms with Gasteiger partial charge in [-0.1, -0.05) is 25.1 Å². The summed E-state index contributed by atoms with van der Waals surface area (Å²) in [6.07, 6.45) is 3.95. The summed E-state index contributed by atoms with van der Waals surface area (Å²) in [6.45, 7) is 1.95. The van der Waals surface area contributed by atoms with Crippen molar-refractivity contribution >= 4 is 0 Å². The maximum absolute atomic E-state index is 14.4. The van der Waals surface area contributed by atoms with Crippen LogP contribution in [0.15, 0.2) is 48.8 Å². The van der Waals surface area contributed by atoms with Crippen LogP contribution in [0.1, 0.15) is 12.5 Å². The molecule has 2 aromatic carbocycles. The van der Waals surface area contributed by atoms with Crippen molar-refractivity contribution in [2.24, 2.45) is 0 Å². The van der Waals surface area contributed by atoms with E-state index in [2.05, 4.69) is 9.97 Å². The average molecular weight is 314 g/mol. The van der Waals surface area contributed by atoms with Crippen molar-refractivity contribution in [3.8, 4) is 22.5 Å². The normalized spacial score (nSPS) is 10.8. The van der Waals surface area contributed by atoms with Gasteiger partial charge in [0.25, 0.3) is 0 Å². The molecule has 0 radical (unpaired) electrons. The van der Waals surface area contributed by atoms with Gasteiger partial charge >= 0.3 is 0 Å². The average Bonchev–Trinajstić information content (AvgIpc) is 2.58. The molecular formula is C18H13F3N2. The van der Waals surface area contributed by atoms with Crippen molar-refractivity contribution in [3.05, 3.63) is 71.8 Å². The Bertz CT molecular complexity index is 828. The van der Waals surface area contributed by atoms with E-state index in [0.717, 1.165) is 12.0 Å². The van der Waals surface area contributed by atoms with Crippen LogP contribution in [0.5, 0.6) is 0 Å². The minimum absolute atomic E-state index is 0.00369. The van der Waals surface area contributed by atoms with Crippen molar-refractivity contribution < 1.29 is 13.2 Å². The van der Waals surface area contributed by atoms with Gasteiger partial charge in [0.2, 0.25) is 0 Å². The van der Waals surface area contributed by atoms with E-state index in [0.29, 0.717) is 5.56 Å². The minimum atomic E-state index is -1.02. The molecule has 0 amide bonds. The molecule has 1 heterocycles. The van der Waals surface area contributed by atoms with Crippen molar-refractivity contribution in [2.75, 3.05) is 0 Å². The van der Waals surface area contributed by atoms with Crippen LogP contribution in [-0.4, -0.2) is 9.97 Å². The molecule has 0 unspecified atom stereocenters. The Labute approximate surface area is 131 Å². The second-order valence-electron chi connectivity index (χ2n) is 5.06. The van der Waals surface area contributed by atoms with E-state index in [4.69, 9.17) is 0 Å². The van der Waals surface area contributed by atoms with Gasteiger partial charge in [-0.05, 0) is 35.7 Å². The van der Waals surface area contributed by atoms with Crippen molar-refractivity contribution in [1.82, 2.24) is 9.97 Å². The third-order valence-electron chi connectivity index (χ3n) is 3.59. The van der Waals surface area contributed by atoms with Crippen LogP contribution in [-0.2, 0) is 6.42 Å². The molecule has 0 spiro atoms. The predicted molar refractivity (Wildman–Crippen MR) is 82.2 cm³/mol. The van der Waals surface area contributed by atoms with Gasteiger partial charge in [0.05, 0.1) is 5.56 Å². The number of halogens is 3. The largest absolute Gasteiger partial charge is 0.236 e. The second-order valence-corrected chi connectivity index (χ2v) is 5.06. The van der Waals surface area contributed by atoms with E-state index in [1.807, 2.05) is 6.92 Å². The van der Waals surface area contributed by atoms with E-state index < -0.39 is 17.5 Å². The van der Waals surface area contributed by atoms with E-state index in [1.165, 1.54) is 36.4 Å². The molecule has 0 aliphatic carbocycles. The highest BCUT2D eigenvalue weighted by molar-refractivity contribution is 5.69. The van der Waals surface area contributed by atoms with Crippen molar-refractivity contribution in [3.63, 3.8) is 0 Å². The number of hydrogen-bond donors (Lipinski definition) is 0. The summed E-state index contributed by atoms with van der Waals surface area (Å²) in [4.78, 5) is 8.14. The summed E-state index contributed by atoms with van der Waals surface area (Å²) >= 11 is 0. The molecule has 0 saturated heterocycles. The highest BCUT2D eigenvalue weighted by atomic mass is 19.2. The molecule has 1 aromatic heterocycles. The lowest BCUT2D eigenvalue weighted by Crippen LogP contribution is -1.98. The van der Waals surface area contributed by atoms with Crippen LogP contribution in [0.3, 0.4) is 0 Å². The molecule has 0 bridgehead atoms. The van der Waals surface area contributed by atoms with Crippen molar-refractivity contribution in [1.29, 1.82) is 0 Å². The van der Waals surface area contributed by atoms with Gasteiger partial charge in [-0.15, -0.1) is 0 Å². The molecule has 23 heavy (non-hydrogen) atoms. The highest BCUT2D eigenvalue weighted by Crippen LogP contribution is 2.30. The zero-order valence-corrected chi connectivity index (χ0v) is 12.4. The van der Waals surface area contributed by atoms with E-state index in [-0.39, 0.29) is 17.0 Å². The van der Waals surface area contributed by atoms with Crippen LogP contribution >= 0.6 is 0 Å². The van der Waals surface area contributed by atoms with E-state index >= 15 is 0 Å². The third kappa shape index (κ3) is 2.95. The minimum Gasteiger partial charge on any atom is -0.236 e. The van der Waals surface area contributed by atoms with Gasteiger partial charge in [0.15, 0.2) is 17.5 Å². The molecule has 3 aromatic rings. The summed E-state index contributed by atoms with van der Waals surface area (Å²) < 4.78 is 41.7. The Balaban J connectivity index is 2.04. The van der Waals surface area contributed by atoms with Gasteiger partial charge in [-0.2, -0.15) is 0 Å². The first-order chi connectivity index (χ1) is 11.1. The number of hydrogen-bond acceptors (Lipinski definition) is 2. The Kier molecular flexibility index (Phi) is 4.10. The quantitative estimate of drug-likeness (QED) is 0.694. The zero-order valence-electron chi connectivity index (χ0n) is 12.4. The fourth-order valence-electron chi connectivity index (χ4n) is 2.25. The van der Waals surface area contributed by atoms with Crippen LogP contribution in [0.4, 0.5) is 13.2 Å². The smallest absolute Gasteiger partial charge is 0.170 e. The maximum atomic E-state index is 14.4. The predicted octanol–water partition coefficient (Wildman–Crippen LogP) is 4.79. The molecule has 116 valence electrons.